The Bertz CT molecular complexity index is 673. The molecular formula is C19H27BrN2O4S. The van der Waals surface area contributed by atoms with Crippen LogP contribution in [0.4, 0.5) is 4.79 Å². The molecule has 1 fully saturated rings. The fourth-order valence-electron chi connectivity index (χ4n) is 2.77. The predicted molar refractivity (Wildman–Crippen MR) is 112 cm³/mol. The summed E-state index contributed by atoms with van der Waals surface area (Å²) in [7, 11) is 0. The number of ketones is 1. The molecule has 1 saturated heterocycles. The molecule has 1 aromatic rings. The topological polar surface area (TPSA) is 75.7 Å². The van der Waals surface area contributed by atoms with Gasteiger partial charge in [0.15, 0.2) is 5.78 Å². The van der Waals surface area contributed by atoms with Gasteiger partial charge in [-0.05, 0) is 52.2 Å². The van der Waals surface area contributed by atoms with Gasteiger partial charge in [-0.25, -0.2) is 4.79 Å². The molecule has 0 saturated carbocycles. The minimum atomic E-state index is -0.618. The van der Waals surface area contributed by atoms with E-state index in [0.717, 1.165) is 17.3 Å². The predicted octanol–water partition coefficient (Wildman–Crippen LogP) is 3.65. The van der Waals surface area contributed by atoms with Crippen molar-refractivity contribution >= 4 is 47.2 Å². The summed E-state index contributed by atoms with van der Waals surface area (Å²) < 4.78 is 6.28. The van der Waals surface area contributed by atoms with E-state index >= 15 is 0 Å². The first kappa shape index (κ1) is 23.5. The molecular weight excluding hydrogens is 432 g/mol. The standard InChI is InChI=1S/C19H25BrN2O4.H2S/c1-19(2,3)26-18(25)22-11-5-4-6-15(22)17(24)21-12-16(23)13-7-9-14(20)10-8-13;/h7-10,15H,4-6,11-12H2,1-3H3,(H,21,24);1H2/t15-;/m0./s1. The van der Waals surface area contributed by atoms with Crippen LogP contribution in [0.2, 0.25) is 0 Å². The van der Waals surface area contributed by atoms with E-state index < -0.39 is 17.7 Å². The summed E-state index contributed by atoms with van der Waals surface area (Å²) in [5.74, 6) is -0.494. The fraction of sp³-hybridized carbons (Fsp3) is 0.526. The molecule has 8 heteroatoms. The third-order valence-corrected chi connectivity index (χ3v) is 4.55. The van der Waals surface area contributed by atoms with Crippen LogP contribution in [0.1, 0.15) is 50.4 Å². The molecule has 1 aliphatic rings. The maximum Gasteiger partial charge on any atom is 0.410 e. The number of carbonyl (C=O) groups excluding carboxylic acids is 3. The van der Waals surface area contributed by atoms with Gasteiger partial charge in [-0.3, -0.25) is 14.5 Å². The van der Waals surface area contributed by atoms with E-state index in [1.165, 1.54) is 4.90 Å². The van der Waals surface area contributed by atoms with E-state index in [4.69, 9.17) is 4.74 Å². The first-order valence-corrected chi connectivity index (χ1v) is 9.53. The summed E-state index contributed by atoms with van der Waals surface area (Å²) in [4.78, 5) is 38.6. The van der Waals surface area contributed by atoms with Gasteiger partial charge in [-0.2, -0.15) is 13.5 Å². The van der Waals surface area contributed by atoms with E-state index in [0.29, 0.717) is 18.5 Å². The molecule has 0 radical (unpaired) electrons. The Morgan fingerprint density at radius 3 is 2.41 bits per heavy atom. The highest BCUT2D eigenvalue weighted by atomic mass is 79.9. The third kappa shape index (κ3) is 7.18. The molecule has 1 heterocycles. The van der Waals surface area contributed by atoms with Crippen LogP contribution in [-0.4, -0.2) is 47.4 Å². The molecule has 150 valence electrons. The maximum atomic E-state index is 12.5. The smallest absolute Gasteiger partial charge is 0.410 e. The number of carbonyl (C=O) groups is 3. The number of nitrogens with one attached hydrogen (secondary N) is 1. The summed E-state index contributed by atoms with van der Waals surface area (Å²) in [6.45, 7) is 5.76. The zero-order valence-corrected chi connectivity index (χ0v) is 18.5. The van der Waals surface area contributed by atoms with Gasteiger partial charge in [-0.15, -0.1) is 0 Å². The largest absolute Gasteiger partial charge is 0.444 e. The van der Waals surface area contributed by atoms with Gasteiger partial charge >= 0.3 is 6.09 Å². The molecule has 1 aromatic carbocycles. The van der Waals surface area contributed by atoms with Crippen LogP contribution >= 0.6 is 29.4 Å². The lowest BCUT2D eigenvalue weighted by Gasteiger charge is -2.35. The second-order valence-corrected chi connectivity index (χ2v) is 8.25. The van der Waals surface area contributed by atoms with Gasteiger partial charge in [0.05, 0.1) is 6.54 Å². The molecule has 0 bridgehead atoms. The van der Waals surface area contributed by atoms with Crippen molar-refractivity contribution in [3.8, 4) is 0 Å². The second kappa shape index (κ2) is 10.1. The SMILES string of the molecule is CC(C)(C)OC(=O)N1CCCC[C@H]1C(=O)NCC(=O)c1ccc(Br)cc1.S. The Kier molecular flexibility index (Phi) is 8.81. The highest BCUT2D eigenvalue weighted by Crippen LogP contribution is 2.20. The summed E-state index contributed by atoms with van der Waals surface area (Å²) in [5, 5.41) is 2.66. The van der Waals surface area contributed by atoms with Crippen molar-refractivity contribution in [3.05, 3.63) is 34.3 Å². The molecule has 0 spiro atoms. The lowest BCUT2D eigenvalue weighted by molar-refractivity contribution is -0.127. The number of hydrogen-bond donors (Lipinski definition) is 1. The van der Waals surface area contributed by atoms with E-state index in [9.17, 15) is 14.4 Å². The number of benzene rings is 1. The van der Waals surface area contributed by atoms with Gasteiger partial charge in [0.2, 0.25) is 5.91 Å². The average molecular weight is 459 g/mol. The van der Waals surface area contributed by atoms with Crippen LogP contribution in [-0.2, 0) is 9.53 Å². The van der Waals surface area contributed by atoms with Crippen LogP contribution in [0, 0.1) is 0 Å². The van der Waals surface area contributed by atoms with Gasteiger partial charge in [0.25, 0.3) is 0 Å². The zero-order valence-electron chi connectivity index (χ0n) is 15.9. The molecule has 6 nitrogen and oxygen atoms in total. The third-order valence-electron chi connectivity index (χ3n) is 4.02. The number of piperidine rings is 1. The first-order chi connectivity index (χ1) is 12.2. The number of likely N-dealkylation sites (tertiary alicyclic amines) is 1. The fourth-order valence-corrected chi connectivity index (χ4v) is 3.03. The Morgan fingerprint density at radius 1 is 1.19 bits per heavy atom. The molecule has 2 rings (SSSR count). The van der Waals surface area contributed by atoms with Gasteiger partial charge in [-0.1, -0.05) is 28.1 Å². The van der Waals surface area contributed by atoms with Crippen molar-refractivity contribution in [2.75, 3.05) is 13.1 Å². The lowest BCUT2D eigenvalue weighted by Crippen LogP contribution is -2.53. The average Bonchev–Trinajstić information content (AvgIpc) is 2.58. The van der Waals surface area contributed by atoms with Gasteiger partial charge in [0.1, 0.15) is 11.6 Å². The number of hydrogen-bond acceptors (Lipinski definition) is 4. The van der Waals surface area contributed by atoms with Gasteiger partial charge < -0.3 is 10.1 Å². The van der Waals surface area contributed by atoms with Crippen molar-refractivity contribution in [1.29, 1.82) is 0 Å². The molecule has 0 aliphatic carbocycles. The summed E-state index contributed by atoms with van der Waals surface area (Å²) in [6.07, 6.45) is 1.77. The molecule has 0 aromatic heterocycles. The number of halogens is 1. The summed E-state index contributed by atoms with van der Waals surface area (Å²) in [6, 6.07) is 6.36. The number of Topliss-reactive ketones (excluding diaryl/α,β-unsaturated/α-hetero) is 1. The molecule has 0 unspecified atom stereocenters. The number of ether oxygens (including phenoxy) is 1. The number of rotatable bonds is 4. The van der Waals surface area contributed by atoms with Crippen molar-refractivity contribution in [2.45, 2.75) is 51.7 Å². The maximum absolute atomic E-state index is 12.5. The minimum Gasteiger partial charge on any atom is -0.444 e. The van der Waals surface area contributed by atoms with Crippen LogP contribution in [0.3, 0.4) is 0 Å². The zero-order chi connectivity index (χ0) is 19.3. The normalized spacial score (nSPS) is 16.9. The first-order valence-electron chi connectivity index (χ1n) is 8.73. The quantitative estimate of drug-likeness (QED) is 0.698. The highest BCUT2D eigenvalue weighted by molar-refractivity contribution is 9.10. The Labute approximate surface area is 175 Å². The Balaban J connectivity index is 0.00000364. The minimum absolute atomic E-state index is 0. The van der Waals surface area contributed by atoms with Crippen molar-refractivity contribution in [1.82, 2.24) is 10.2 Å². The Hall–Kier alpha value is -1.54. The van der Waals surface area contributed by atoms with E-state index in [1.54, 1.807) is 45.0 Å². The van der Waals surface area contributed by atoms with Crippen molar-refractivity contribution in [2.24, 2.45) is 0 Å². The lowest BCUT2D eigenvalue weighted by atomic mass is 10.0. The van der Waals surface area contributed by atoms with E-state index in [-0.39, 0.29) is 31.7 Å². The molecule has 1 aliphatic heterocycles. The highest BCUT2D eigenvalue weighted by Gasteiger charge is 2.34. The van der Waals surface area contributed by atoms with Crippen LogP contribution in [0.25, 0.3) is 0 Å². The summed E-state index contributed by atoms with van der Waals surface area (Å²) >= 11 is 3.32. The van der Waals surface area contributed by atoms with Crippen LogP contribution in [0.5, 0.6) is 0 Å². The number of amides is 2. The number of nitrogens with zero attached hydrogens (tertiary/aromatic N) is 1. The van der Waals surface area contributed by atoms with Crippen molar-refractivity contribution < 1.29 is 19.1 Å². The van der Waals surface area contributed by atoms with E-state index in [2.05, 4.69) is 21.2 Å². The molecule has 1 atom stereocenters. The molecule has 2 amide bonds. The molecule has 1 N–H and O–H groups in total. The monoisotopic (exact) mass is 458 g/mol. The summed E-state index contributed by atoms with van der Waals surface area (Å²) in [5.41, 5.74) is -0.0891. The van der Waals surface area contributed by atoms with Crippen molar-refractivity contribution in [3.63, 3.8) is 0 Å². The van der Waals surface area contributed by atoms with E-state index in [1.807, 2.05) is 0 Å². The second-order valence-electron chi connectivity index (χ2n) is 7.33. The van der Waals surface area contributed by atoms with Crippen LogP contribution < -0.4 is 5.32 Å². The Morgan fingerprint density at radius 2 is 1.81 bits per heavy atom. The molecule has 27 heavy (non-hydrogen) atoms. The van der Waals surface area contributed by atoms with Crippen LogP contribution in [0.15, 0.2) is 28.7 Å². The van der Waals surface area contributed by atoms with Gasteiger partial charge in [0, 0.05) is 16.6 Å².